The normalized spacial score (nSPS) is 18.1. The van der Waals surface area contributed by atoms with E-state index in [4.69, 9.17) is 0 Å². The Labute approximate surface area is 160 Å². The maximum absolute atomic E-state index is 11.7. The predicted octanol–water partition coefficient (Wildman–Crippen LogP) is 3.41. The van der Waals surface area contributed by atoms with Gasteiger partial charge in [-0.15, -0.1) is 0 Å². The number of hydrogen-bond donors (Lipinski definition) is 1. The largest absolute Gasteiger partial charge is 0.371 e. The fraction of sp³-hybridized carbons (Fsp3) is 0.429. The molecular weight excluding hydrogens is 340 g/mol. The van der Waals surface area contributed by atoms with E-state index in [0.717, 1.165) is 57.2 Å². The van der Waals surface area contributed by atoms with Crippen molar-refractivity contribution >= 4 is 17.1 Å². The Bertz CT molecular complexity index is 782. The molecule has 2 saturated heterocycles. The molecule has 2 aromatic rings. The second-order valence-electron chi connectivity index (χ2n) is 7.39. The summed E-state index contributed by atoms with van der Waals surface area (Å²) < 4.78 is 0. The quantitative estimate of drug-likeness (QED) is 0.821. The number of anilines is 2. The van der Waals surface area contributed by atoms with Crippen LogP contribution >= 0.6 is 0 Å². The van der Waals surface area contributed by atoms with Gasteiger partial charge < -0.3 is 9.80 Å². The molecule has 0 bridgehead atoms. The minimum absolute atomic E-state index is 0.000558. The first-order valence-electron chi connectivity index (χ1n) is 9.77. The van der Waals surface area contributed by atoms with Gasteiger partial charge in [0.2, 0.25) is 0 Å². The van der Waals surface area contributed by atoms with Gasteiger partial charge in [0.25, 0.3) is 4.92 Å². The zero-order valence-corrected chi connectivity index (χ0v) is 15.6. The van der Waals surface area contributed by atoms with Crippen LogP contribution in [0.2, 0.25) is 0 Å². The highest BCUT2D eigenvalue weighted by molar-refractivity contribution is 5.70. The Morgan fingerprint density at radius 1 is 0.852 bits per heavy atom. The fourth-order valence-electron chi connectivity index (χ4n) is 4.09. The number of piperazine rings is 1. The molecule has 4 rings (SSSR count). The molecule has 6 nitrogen and oxygen atoms in total. The Morgan fingerprint density at radius 2 is 1.56 bits per heavy atom. The average Bonchev–Trinajstić information content (AvgIpc) is 3.24. The van der Waals surface area contributed by atoms with Gasteiger partial charge in [-0.3, -0.25) is 4.90 Å². The van der Waals surface area contributed by atoms with Crippen LogP contribution in [0.4, 0.5) is 17.1 Å². The topological polar surface area (TPSA) is 50.0 Å². The Morgan fingerprint density at radius 3 is 2.22 bits per heavy atom. The summed E-state index contributed by atoms with van der Waals surface area (Å²) in [6, 6.07) is 16.3. The molecular formula is C21H27N4O2+. The second kappa shape index (κ2) is 7.96. The molecule has 0 radical (unpaired) electrons. The van der Waals surface area contributed by atoms with E-state index in [2.05, 4.69) is 45.0 Å². The van der Waals surface area contributed by atoms with E-state index in [9.17, 15) is 10.1 Å². The molecule has 0 atom stereocenters. The first kappa shape index (κ1) is 17.8. The average molecular weight is 367 g/mol. The lowest BCUT2D eigenvalue weighted by molar-refractivity contribution is -0.729. The van der Waals surface area contributed by atoms with Crippen molar-refractivity contribution in [1.82, 2.24) is 4.90 Å². The number of rotatable bonds is 5. The molecule has 0 aliphatic carbocycles. The maximum Gasteiger partial charge on any atom is 0.339 e. The first-order chi connectivity index (χ1) is 13.2. The van der Waals surface area contributed by atoms with Crippen LogP contribution in [0.1, 0.15) is 18.4 Å². The van der Waals surface area contributed by atoms with Gasteiger partial charge in [0.05, 0.1) is 4.91 Å². The molecule has 0 spiro atoms. The van der Waals surface area contributed by atoms with Crippen molar-refractivity contribution in [3.63, 3.8) is 0 Å². The number of hydrogen-bond acceptors (Lipinski definition) is 4. The Kier molecular flexibility index (Phi) is 5.25. The Hall–Kier alpha value is -2.60. The van der Waals surface area contributed by atoms with E-state index >= 15 is 0 Å². The third-order valence-electron chi connectivity index (χ3n) is 5.60. The minimum atomic E-state index is -0.000558. The highest BCUT2D eigenvalue weighted by atomic mass is 16.6. The summed E-state index contributed by atoms with van der Waals surface area (Å²) in [4.78, 5) is 18.7. The molecule has 142 valence electrons. The van der Waals surface area contributed by atoms with Gasteiger partial charge >= 0.3 is 5.69 Å². The van der Waals surface area contributed by atoms with Gasteiger partial charge in [-0.05, 0) is 30.5 Å². The summed E-state index contributed by atoms with van der Waals surface area (Å²) in [5.41, 5.74) is 3.62. The van der Waals surface area contributed by atoms with Crippen molar-refractivity contribution in [2.24, 2.45) is 0 Å². The zero-order valence-electron chi connectivity index (χ0n) is 15.6. The molecule has 0 unspecified atom stereocenters. The van der Waals surface area contributed by atoms with E-state index in [-0.39, 0.29) is 4.92 Å². The summed E-state index contributed by atoms with van der Waals surface area (Å²) >= 11 is 0. The third kappa shape index (κ3) is 4.06. The van der Waals surface area contributed by atoms with E-state index in [1.807, 2.05) is 12.1 Å². The van der Waals surface area contributed by atoms with Crippen LogP contribution in [0.5, 0.6) is 0 Å². The lowest BCUT2D eigenvalue weighted by Gasteiger charge is -2.36. The summed E-state index contributed by atoms with van der Waals surface area (Å²) in [5.74, 6) is 0. The molecule has 2 heterocycles. The van der Waals surface area contributed by atoms with Gasteiger partial charge in [-0.2, -0.15) is 0 Å². The SMILES string of the molecule is O=[N+](O)c1ccc(N2CCCC2)cc1N1CCN(Cc2ccccc2)CC1. The fourth-order valence-corrected chi connectivity index (χ4v) is 4.09. The van der Waals surface area contributed by atoms with Gasteiger partial charge in [-0.25, -0.2) is 5.21 Å². The van der Waals surface area contributed by atoms with Crippen LogP contribution in [0.15, 0.2) is 48.5 Å². The highest BCUT2D eigenvalue weighted by Gasteiger charge is 2.27. The summed E-state index contributed by atoms with van der Waals surface area (Å²) in [5, 5.41) is 9.57. The molecule has 0 aromatic heterocycles. The maximum atomic E-state index is 11.7. The van der Waals surface area contributed by atoms with Gasteiger partial charge in [0.1, 0.15) is 5.69 Å². The Balaban J connectivity index is 1.47. The van der Waals surface area contributed by atoms with Crippen molar-refractivity contribution in [2.45, 2.75) is 19.4 Å². The molecule has 27 heavy (non-hydrogen) atoms. The predicted molar refractivity (Wildman–Crippen MR) is 107 cm³/mol. The third-order valence-corrected chi connectivity index (χ3v) is 5.60. The van der Waals surface area contributed by atoms with Gasteiger partial charge in [0, 0.05) is 57.6 Å². The first-order valence-corrected chi connectivity index (χ1v) is 9.77. The lowest BCUT2D eigenvalue weighted by Crippen LogP contribution is -2.46. The van der Waals surface area contributed by atoms with E-state index in [1.54, 1.807) is 6.07 Å². The van der Waals surface area contributed by atoms with Crippen LogP contribution in [0.25, 0.3) is 0 Å². The summed E-state index contributed by atoms with van der Waals surface area (Å²) in [7, 11) is 0. The zero-order chi connectivity index (χ0) is 18.6. The summed E-state index contributed by atoms with van der Waals surface area (Å²) in [6.45, 7) is 6.63. The lowest BCUT2D eigenvalue weighted by atomic mass is 10.1. The minimum Gasteiger partial charge on any atom is -0.371 e. The molecule has 2 aromatic carbocycles. The molecule has 2 fully saturated rings. The molecule has 0 amide bonds. The second-order valence-corrected chi connectivity index (χ2v) is 7.39. The highest BCUT2D eigenvalue weighted by Crippen LogP contribution is 2.34. The van der Waals surface area contributed by atoms with Crippen LogP contribution in [-0.2, 0) is 6.54 Å². The van der Waals surface area contributed by atoms with Crippen molar-refractivity contribution in [2.75, 3.05) is 49.1 Å². The van der Waals surface area contributed by atoms with Gasteiger partial charge in [-0.1, -0.05) is 30.3 Å². The van der Waals surface area contributed by atoms with Crippen molar-refractivity contribution in [1.29, 1.82) is 0 Å². The smallest absolute Gasteiger partial charge is 0.339 e. The molecule has 0 saturated carbocycles. The van der Waals surface area contributed by atoms with E-state index < -0.39 is 0 Å². The van der Waals surface area contributed by atoms with Crippen molar-refractivity contribution in [3.05, 3.63) is 59.0 Å². The molecule has 1 N–H and O–H groups in total. The monoisotopic (exact) mass is 367 g/mol. The summed E-state index contributed by atoms with van der Waals surface area (Å²) in [6.07, 6.45) is 2.42. The van der Waals surface area contributed by atoms with E-state index in [1.165, 1.54) is 18.4 Å². The van der Waals surface area contributed by atoms with Gasteiger partial charge in [0.15, 0.2) is 0 Å². The van der Waals surface area contributed by atoms with Crippen molar-refractivity contribution in [3.8, 4) is 0 Å². The van der Waals surface area contributed by atoms with E-state index in [0.29, 0.717) is 5.69 Å². The van der Waals surface area contributed by atoms with Crippen LogP contribution in [0, 0.1) is 4.91 Å². The molecule has 2 aliphatic rings. The van der Waals surface area contributed by atoms with Crippen LogP contribution < -0.4 is 9.80 Å². The van der Waals surface area contributed by atoms with Crippen LogP contribution in [0.3, 0.4) is 0 Å². The standard InChI is InChI=1S/C21H27N4O2/c26-25(27)20-9-8-19(23-10-4-5-11-23)16-21(20)24-14-12-22(13-15-24)17-18-6-2-1-3-7-18/h1-3,6-9,16H,4-5,10-15,17H2,(H,26,27)/q+1. The van der Waals surface area contributed by atoms with Crippen LogP contribution in [-0.4, -0.2) is 54.3 Å². The number of nitrogens with zero attached hydrogens (tertiary/aromatic N) is 4. The molecule has 6 heteroatoms. The number of benzene rings is 2. The molecule has 2 aliphatic heterocycles. The van der Waals surface area contributed by atoms with Crippen molar-refractivity contribution < 1.29 is 10.1 Å².